The first-order chi connectivity index (χ1) is 9.56. The highest BCUT2D eigenvalue weighted by molar-refractivity contribution is 5.29. The van der Waals surface area contributed by atoms with Crippen LogP contribution in [0.25, 0.3) is 0 Å². The van der Waals surface area contributed by atoms with Gasteiger partial charge in [0.15, 0.2) is 0 Å². The van der Waals surface area contributed by atoms with E-state index in [-0.39, 0.29) is 0 Å². The summed E-state index contributed by atoms with van der Waals surface area (Å²) in [4.78, 5) is 2.40. The van der Waals surface area contributed by atoms with Gasteiger partial charge in [0.25, 0.3) is 0 Å². The third-order valence-electron chi connectivity index (χ3n) is 3.52. The number of likely N-dealkylation sites (N-methyl/N-ethyl adjacent to an activating group) is 2. The summed E-state index contributed by atoms with van der Waals surface area (Å²) in [7, 11) is 4.22. The van der Waals surface area contributed by atoms with Gasteiger partial charge in [0.1, 0.15) is 5.75 Å². The van der Waals surface area contributed by atoms with Gasteiger partial charge in [0.2, 0.25) is 0 Å². The molecule has 0 radical (unpaired) electrons. The summed E-state index contributed by atoms with van der Waals surface area (Å²) in [6.45, 7) is 9.44. The summed E-state index contributed by atoms with van der Waals surface area (Å²) in [5, 5.41) is 3.41. The standard InChI is InChI=1S/C17H30N2O/c1-6-20-16-9-7-15(8-10-16)17(18-4)13-19(5)12-11-14(2)3/h7-10,14,17-18H,6,11-13H2,1-5H3. The van der Waals surface area contributed by atoms with Crippen LogP contribution in [0.15, 0.2) is 24.3 Å². The number of ether oxygens (including phenoxy) is 1. The van der Waals surface area contributed by atoms with Crippen LogP contribution in [0, 0.1) is 5.92 Å². The Kier molecular flexibility index (Phi) is 7.63. The molecule has 1 aromatic rings. The van der Waals surface area contributed by atoms with Gasteiger partial charge in [-0.1, -0.05) is 26.0 Å². The topological polar surface area (TPSA) is 24.5 Å². The van der Waals surface area contributed by atoms with Gasteiger partial charge in [-0.3, -0.25) is 0 Å². The van der Waals surface area contributed by atoms with Crippen molar-refractivity contribution in [2.45, 2.75) is 33.2 Å². The van der Waals surface area contributed by atoms with E-state index in [0.717, 1.165) is 24.8 Å². The molecule has 0 bridgehead atoms. The van der Waals surface area contributed by atoms with Crippen LogP contribution in [0.5, 0.6) is 5.75 Å². The molecule has 0 amide bonds. The fourth-order valence-corrected chi connectivity index (χ4v) is 2.21. The van der Waals surface area contributed by atoms with E-state index >= 15 is 0 Å². The second-order valence-electron chi connectivity index (χ2n) is 5.79. The Morgan fingerprint density at radius 1 is 1.20 bits per heavy atom. The van der Waals surface area contributed by atoms with E-state index in [1.807, 2.05) is 14.0 Å². The summed E-state index contributed by atoms with van der Waals surface area (Å²) >= 11 is 0. The summed E-state index contributed by atoms with van der Waals surface area (Å²) in [5.41, 5.74) is 1.31. The average molecular weight is 278 g/mol. The zero-order valence-corrected chi connectivity index (χ0v) is 13.6. The van der Waals surface area contributed by atoms with Gasteiger partial charge in [-0.2, -0.15) is 0 Å². The van der Waals surface area contributed by atoms with Gasteiger partial charge in [-0.15, -0.1) is 0 Å². The Labute approximate surface area is 124 Å². The Bertz CT molecular complexity index is 362. The molecule has 0 fully saturated rings. The van der Waals surface area contributed by atoms with Crippen molar-refractivity contribution in [2.75, 3.05) is 33.8 Å². The van der Waals surface area contributed by atoms with Crippen molar-refractivity contribution in [1.82, 2.24) is 10.2 Å². The van der Waals surface area contributed by atoms with Crippen LogP contribution in [0.4, 0.5) is 0 Å². The zero-order chi connectivity index (χ0) is 15.0. The van der Waals surface area contributed by atoms with Gasteiger partial charge in [0.05, 0.1) is 6.61 Å². The summed E-state index contributed by atoms with van der Waals surface area (Å²) in [6.07, 6.45) is 1.25. The van der Waals surface area contributed by atoms with Gasteiger partial charge >= 0.3 is 0 Å². The smallest absolute Gasteiger partial charge is 0.119 e. The number of benzene rings is 1. The minimum absolute atomic E-state index is 0.364. The van der Waals surface area contributed by atoms with Gasteiger partial charge in [-0.25, -0.2) is 0 Å². The summed E-state index contributed by atoms with van der Waals surface area (Å²) in [6, 6.07) is 8.78. The normalized spacial score (nSPS) is 12.9. The van der Waals surface area contributed by atoms with E-state index in [4.69, 9.17) is 4.74 Å². The van der Waals surface area contributed by atoms with Gasteiger partial charge in [0, 0.05) is 12.6 Å². The third-order valence-corrected chi connectivity index (χ3v) is 3.52. The van der Waals surface area contributed by atoms with Crippen LogP contribution in [-0.4, -0.2) is 38.7 Å². The third kappa shape index (κ3) is 5.93. The first-order valence-corrected chi connectivity index (χ1v) is 7.65. The Balaban J connectivity index is 2.56. The molecule has 1 rings (SSSR count). The minimum Gasteiger partial charge on any atom is -0.494 e. The highest BCUT2D eigenvalue weighted by Gasteiger charge is 2.12. The number of hydrogen-bond donors (Lipinski definition) is 1. The number of nitrogens with one attached hydrogen (secondary N) is 1. The van der Waals surface area contributed by atoms with E-state index in [9.17, 15) is 0 Å². The fraction of sp³-hybridized carbons (Fsp3) is 0.647. The van der Waals surface area contributed by atoms with E-state index in [0.29, 0.717) is 12.6 Å². The maximum Gasteiger partial charge on any atom is 0.119 e. The second kappa shape index (κ2) is 8.98. The Morgan fingerprint density at radius 2 is 1.85 bits per heavy atom. The number of rotatable bonds is 9. The molecule has 114 valence electrons. The van der Waals surface area contributed by atoms with Crippen molar-refractivity contribution in [1.29, 1.82) is 0 Å². The molecule has 1 aromatic carbocycles. The van der Waals surface area contributed by atoms with Crippen molar-refractivity contribution in [2.24, 2.45) is 5.92 Å². The summed E-state index contributed by atoms with van der Waals surface area (Å²) < 4.78 is 5.49. The van der Waals surface area contributed by atoms with Crippen molar-refractivity contribution >= 4 is 0 Å². The molecule has 0 heterocycles. The van der Waals surface area contributed by atoms with Crippen LogP contribution in [0.1, 0.15) is 38.8 Å². The zero-order valence-electron chi connectivity index (χ0n) is 13.6. The highest BCUT2D eigenvalue weighted by atomic mass is 16.5. The Hall–Kier alpha value is -1.06. The molecule has 20 heavy (non-hydrogen) atoms. The average Bonchev–Trinajstić information content (AvgIpc) is 2.44. The van der Waals surface area contributed by atoms with Crippen molar-refractivity contribution in [3.05, 3.63) is 29.8 Å². The molecule has 1 atom stereocenters. The van der Waals surface area contributed by atoms with E-state index < -0.39 is 0 Å². The predicted octanol–water partition coefficient (Wildman–Crippen LogP) is 3.32. The molecule has 0 aromatic heterocycles. The lowest BCUT2D eigenvalue weighted by atomic mass is 10.1. The number of hydrogen-bond acceptors (Lipinski definition) is 3. The van der Waals surface area contributed by atoms with Crippen LogP contribution in [0.2, 0.25) is 0 Å². The molecule has 1 N–H and O–H groups in total. The van der Waals surface area contributed by atoms with Crippen LogP contribution in [0.3, 0.4) is 0 Å². The number of nitrogens with zero attached hydrogens (tertiary/aromatic N) is 1. The molecule has 0 aliphatic heterocycles. The van der Waals surface area contributed by atoms with Crippen molar-refractivity contribution in [3.63, 3.8) is 0 Å². The fourth-order valence-electron chi connectivity index (χ4n) is 2.21. The van der Waals surface area contributed by atoms with E-state index in [2.05, 4.69) is 55.4 Å². The predicted molar refractivity (Wildman–Crippen MR) is 86.4 cm³/mol. The van der Waals surface area contributed by atoms with E-state index in [1.165, 1.54) is 12.0 Å². The highest BCUT2D eigenvalue weighted by Crippen LogP contribution is 2.18. The maximum atomic E-state index is 5.49. The molecule has 0 aliphatic rings. The molecular formula is C17H30N2O. The molecule has 0 saturated carbocycles. The Morgan fingerprint density at radius 3 is 2.35 bits per heavy atom. The molecule has 3 nitrogen and oxygen atoms in total. The van der Waals surface area contributed by atoms with Gasteiger partial charge in [-0.05, 0) is 57.6 Å². The molecule has 3 heteroatoms. The summed E-state index contributed by atoms with van der Waals surface area (Å²) in [5.74, 6) is 1.70. The lowest BCUT2D eigenvalue weighted by Crippen LogP contribution is -2.32. The molecule has 0 saturated heterocycles. The minimum atomic E-state index is 0.364. The van der Waals surface area contributed by atoms with Crippen LogP contribution < -0.4 is 10.1 Å². The maximum absolute atomic E-state index is 5.49. The van der Waals surface area contributed by atoms with Crippen LogP contribution >= 0.6 is 0 Å². The quantitative estimate of drug-likeness (QED) is 0.750. The lowest BCUT2D eigenvalue weighted by molar-refractivity contribution is 0.279. The molecule has 1 unspecified atom stereocenters. The van der Waals surface area contributed by atoms with Crippen molar-refractivity contribution in [3.8, 4) is 5.75 Å². The van der Waals surface area contributed by atoms with Crippen LogP contribution in [-0.2, 0) is 0 Å². The first-order valence-electron chi connectivity index (χ1n) is 7.65. The SMILES string of the molecule is CCOc1ccc(C(CN(C)CCC(C)C)NC)cc1. The first kappa shape index (κ1) is 17.0. The molecular weight excluding hydrogens is 248 g/mol. The molecule has 0 aliphatic carbocycles. The largest absolute Gasteiger partial charge is 0.494 e. The van der Waals surface area contributed by atoms with Gasteiger partial charge < -0.3 is 15.0 Å². The lowest BCUT2D eigenvalue weighted by Gasteiger charge is -2.25. The molecule has 0 spiro atoms. The monoisotopic (exact) mass is 278 g/mol. The van der Waals surface area contributed by atoms with E-state index in [1.54, 1.807) is 0 Å². The second-order valence-corrected chi connectivity index (χ2v) is 5.79. The van der Waals surface area contributed by atoms with Crippen molar-refractivity contribution < 1.29 is 4.74 Å².